The fourth-order valence-electron chi connectivity index (χ4n) is 3.07. The van der Waals surface area contributed by atoms with Crippen LogP contribution >= 0.6 is 11.3 Å². The van der Waals surface area contributed by atoms with Gasteiger partial charge in [0.2, 0.25) is 0 Å². The second-order valence-corrected chi connectivity index (χ2v) is 6.68. The van der Waals surface area contributed by atoms with Gasteiger partial charge in [-0.05, 0) is 23.3 Å². The molecule has 0 aliphatic rings. The van der Waals surface area contributed by atoms with Crippen LogP contribution in [-0.4, -0.2) is 20.6 Å². The lowest BCUT2D eigenvalue weighted by molar-refractivity contribution is 0.0699. The Bertz CT molecular complexity index is 1190. The third-order valence-electron chi connectivity index (χ3n) is 4.32. The number of aryl methyl sites for hydroxylation is 1. The minimum Gasteiger partial charge on any atom is -0.478 e. The monoisotopic (exact) mass is 350 g/mol. The van der Waals surface area contributed by atoms with E-state index >= 15 is 0 Å². The Kier molecular flexibility index (Phi) is 3.62. The molecule has 5 nitrogen and oxygen atoms in total. The number of hydrogen-bond donors (Lipinski definition) is 1. The highest BCUT2D eigenvalue weighted by atomic mass is 32.1. The van der Waals surface area contributed by atoms with Crippen LogP contribution in [0, 0.1) is 6.92 Å². The molecule has 4 aromatic rings. The fourth-order valence-corrected chi connectivity index (χ4v) is 4.02. The van der Waals surface area contributed by atoms with Crippen LogP contribution in [0.4, 0.5) is 0 Å². The van der Waals surface area contributed by atoms with Gasteiger partial charge in [-0.2, -0.15) is 0 Å². The largest absolute Gasteiger partial charge is 0.478 e. The Balaban J connectivity index is 1.93. The van der Waals surface area contributed by atoms with Crippen LogP contribution < -0.4 is 5.56 Å². The SMILES string of the molecule is Cc1nc2scc(C(=O)O)c2c(=O)n1Cc1cccc2ccccc12. The van der Waals surface area contributed by atoms with Crippen molar-refractivity contribution in [3.63, 3.8) is 0 Å². The van der Waals surface area contributed by atoms with Gasteiger partial charge in [0, 0.05) is 5.38 Å². The first-order valence-corrected chi connectivity index (χ1v) is 8.63. The van der Waals surface area contributed by atoms with Gasteiger partial charge in [-0.1, -0.05) is 42.5 Å². The maximum Gasteiger partial charge on any atom is 0.337 e. The van der Waals surface area contributed by atoms with Gasteiger partial charge in [-0.25, -0.2) is 9.78 Å². The number of fused-ring (bicyclic) bond motifs is 2. The van der Waals surface area contributed by atoms with Crippen molar-refractivity contribution in [1.29, 1.82) is 0 Å². The molecule has 0 radical (unpaired) electrons. The molecule has 0 aliphatic heterocycles. The summed E-state index contributed by atoms with van der Waals surface area (Å²) in [5.41, 5.74) is 0.704. The molecule has 0 saturated heterocycles. The zero-order chi connectivity index (χ0) is 17.6. The summed E-state index contributed by atoms with van der Waals surface area (Å²) >= 11 is 1.18. The topological polar surface area (TPSA) is 72.2 Å². The van der Waals surface area contributed by atoms with Crippen molar-refractivity contribution in [2.24, 2.45) is 0 Å². The highest BCUT2D eigenvalue weighted by Gasteiger charge is 2.18. The van der Waals surface area contributed by atoms with Crippen molar-refractivity contribution in [1.82, 2.24) is 9.55 Å². The maximum absolute atomic E-state index is 12.9. The van der Waals surface area contributed by atoms with Gasteiger partial charge in [0.05, 0.1) is 17.5 Å². The number of rotatable bonds is 3. The number of carboxylic acids is 1. The molecule has 0 unspecified atom stereocenters. The highest BCUT2D eigenvalue weighted by molar-refractivity contribution is 7.17. The number of aromatic carboxylic acids is 1. The van der Waals surface area contributed by atoms with E-state index in [0.29, 0.717) is 17.2 Å². The van der Waals surface area contributed by atoms with Crippen molar-refractivity contribution < 1.29 is 9.90 Å². The zero-order valence-corrected chi connectivity index (χ0v) is 14.2. The van der Waals surface area contributed by atoms with Crippen molar-refractivity contribution >= 4 is 38.3 Å². The molecule has 0 saturated carbocycles. The molecular weight excluding hydrogens is 336 g/mol. The lowest BCUT2D eigenvalue weighted by Crippen LogP contribution is -2.25. The Labute approximate surface area is 146 Å². The van der Waals surface area contributed by atoms with E-state index in [9.17, 15) is 14.7 Å². The number of thiophene rings is 1. The molecule has 4 rings (SSSR count). The lowest BCUT2D eigenvalue weighted by Gasteiger charge is -2.12. The van der Waals surface area contributed by atoms with Crippen LogP contribution in [0.1, 0.15) is 21.7 Å². The number of hydrogen-bond acceptors (Lipinski definition) is 4. The molecule has 2 aromatic heterocycles. The van der Waals surface area contributed by atoms with Crippen LogP contribution in [0.3, 0.4) is 0 Å². The van der Waals surface area contributed by atoms with E-state index < -0.39 is 5.97 Å². The molecule has 1 N–H and O–H groups in total. The quantitative estimate of drug-likeness (QED) is 0.612. The Hall–Kier alpha value is -2.99. The molecule has 25 heavy (non-hydrogen) atoms. The molecule has 0 atom stereocenters. The second kappa shape index (κ2) is 5.82. The van der Waals surface area contributed by atoms with Gasteiger partial charge in [0.1, 0.15) is 10.7 Å². The molecule has 2 heterocycles. The van der Waals surface area contributed by atoms with E-state index in [-0.39, 0.29) is 16.5 Å². The van der Waals surface area contributed by atoms with Crippen molar-refractivity contribution in [2.75, 3.05) is 0 Å². The minimum atomic E-state index is -1.11. The number of benzene rings is 2. The van der Waals surface area contributed by atoms with Gasteiger partial charge in [-0.3, -0.25) is 9.36 Å². The van der Waals surface area contributed by atoms with Gasteiger partial charge < -0.3 is 5.11 Å². The van der Waals surface area contributed by atoms with Crippen LogP contribution in [0.2, 0.25) is 0 Å². The van der Waals surface area contributed by atoms with E-state index in [1.807, 2.05) is 42.5 Å². The Morgan fingerprint density at radius 2 is 1.96 bits per heavy atom. The maximum atomic E-state index is 12.9. The summed E-state index contributed by atoms with van der Waals surface area (Å²) in [6.07, 6.45) is 0. The molecule has 6 heteroatoms. The summed E-state index contributed by atoms with van der Waals surface area (Å²) in [7, 11) is 0. The van der Waals surface area contributed by atoms with Crippen LogP contribution in [-0.2, 0) is 6.54 Å². The minimum absolute atomic E-state index is 0.0177. The first kappa shape index (κ1) is 15.5. The van der Waals surface area contributed by atoms with Gasteiger partial charge in [0.15, 0.2) is 0 Å². The first-order chi connectivity index (χ1) is 12.1. The van der Waals surface area contributed by atoms with Crippen LogP contribution in [0.25, 0.3) is 21.0 Å². The summed E-state index contributed by atoms with van der Waals surface area (Å²) in [4.78, 5) is 29.2. The van der Waals surface area contributed by atoms with E-state index in [0.717, 1.165) is 16.3 Å². The average Bonchev–Trinajstić information content (AvgIpc) is 3.03. The summed E-state index contributed by atoms with van der Waals surface area (Å²) in [5, 5.41) is 13.1. The fraction of sp³-hybridized carbons (Fsp3) is 0.105. The average molecular weight is 350 g/mol. The molecule has 0 bridgehead atoms. The van der Waals surface area contributed by atoms with Crippen LogP contribution in [0.15, 0.2) is 52.6 Å². The van der Waals surface area contributed by atoms with Crippen LogP contribution in [0.5, 0.6) is 0 Å². The van der Waals surface area contributed by atoms with E-state index in [2.05, 4.69) is 4.98 Å². The molecule has 0 amide bonds. The smallest absolute Gasteiger partial charge is 0.337 e. The van der Waals surface area contributed by atoms with Crippen molar-refractivity contribution in [3.05, 3.63) is 75.1 Å². The van der Waals surface area contributed by atoms with E-state index in [1.165, 1.54) is 16.7 Å². The summed E-state index contributed by atoms with van der Waals surface area (Å²) in [5.74, 6) is -0.532. The van der Waals surface area contributed by atoms with Crippen molar-refractivity contribution in [3.8, 4) is 0 Å². The predicted octanol–water partition coefficient (Wildman–Crippen LogP) is 3.67. The van der Waals surface area contributed by atoms with Gasteiger partial charge in [-0.15, -0.1) is 11.3 Å². The Morgan fingerprint density at radius 3 is 2.76 bits per heavy atom. The van der Waals surface area contributed by atoms with Crippen molar-refractivity contribution in [2.45, 2.75) is 13.5 Å². The van der Waals surface area contributed by atoms with E-state index in [1.54, 1.807) is 11.5 Å². The van der Waals surface area contributed by atoms with Gasteiger partial charge in [0.25, 0.3) is 5.56 Å². The van der Waals surface area contributed by atoms with Gasteiger partial charge >= 0.3 is 5.97 Å². The second-order valence-electron chi connectivity index (χ2n) is 5.82. The number of aromatic nitrogens is 2. The van der Waals surface area contributed by atoms with E-state index in [4.69, 9.17) is 0 Å². The summed E-state index contributed by atoms with van der Waals surface area (Å²) in [6.45, 7) is 2.12. The Morgan fingerprint density at radius 1 is 1.20 bits per heavy atom. The molecule has 2 aromatic carbocycles. The molecule has 0 spiro atoms. The lowest BCUT2D eigenvalue weighted by atomic mass is 10.0. The summed E-state index contributed by atoms with van der Waals surface area (Å²) < 4.78 is 1.54. The molecule has 0 fully saturated rings. The number of carbonyl (C=O) groups is 1. The number of nitrogens with zero attached hydrogens (tertiary/aromatic N) is 2. The predicted molar refractivity (Wildman–Crippen MR) is 98.6 cm³/mol. The number of carboxylic acid groups (broad SMARTS) is 1. The molecular formula is C19H14N2O3S. The zero-order valence-electron chi connectivity index (χ0n) is 13.4. The highest BCUT2D eigenvalue weighted by Crippen LogP contribution is 2.23. The molecule has 0 aliphatic carbocycles. The molecule has 124 valence electrons. The third-order valence-corrected chi connectivity index (χ3v) is 5.20. The summed E-state index contributed by atoms with van der Waals surface area (Å²) in [6, 6.07) is 13.9. The normalized spacial score (nSPS) is 11.2. The third kappa shape index (κ3) is 2.51. The first-order valence-electron chi connectivity index (χ1n) is 7.75. The standard InChI is InChI=1S/C19H14N2O3S/c1-11-20-17-16(15(10-25-17)19(23)24)18(22)21(11)9-13-7-4-6-12-5-2-3-8-14(12)13/h2-8,10H,9H2,1H3,(H,23,24).